The van der Waals surface area contributed by atoms with Gasteiger partial charge in [-0.2, -0.15) is 0 Å². The minimum absolute atomic E-state index is 0.261. The van der Waals surface area contributed by atoms with Gasteiger partial charge in [-0.05, 0) is 41.1 Å². The van der Waals surface area contributed by atoms with E-state index in [4.69, 9.17) is 23.2 Å². The maximum Gasteiger partial charge on any atom is 0.335 e. The number of carboxylic acids is 1. The Kier molecular flexibility index (Phi) is 4.41. The number of halogens is 2. The normalized spacial score (nSPS) is 11.0. The fourth-order valence-electron chi connectivity index (χ4n) is 2.78. The van der Waals surface area contributed by atoms with Crippen LogP contribution in [0.5, 0.6) is 0 Å². The first-order valence-electron chi connectivity index (χ1n) is 7.70. The summed E-state index contributed by atoms with van der Waals surface area (Å²) in [7, 11) is 0. The average molecular weight is 400 g/mol. The van der Waals surface area contributed by atoms with Crippen molar-refractivity contribution in [2.24, 2.45) is 0 Å². The third-order valence-electron chi connectivity index (χ3n) is 4.06. The topological polar surface area (TPSA) is 50.2 Å². The van der Waals surface area contributed by atoms with Crippen LogP contribution >= 0.6 is 34.5 Å². The Hall–Kier alpha value is -2.40. The molecule has 1 heterocycles. The van der Waals surface area contributed by atoms with Crippen LogP contribution in [-0.2, 0) is 0 Å². The van der Waals surface area contributed by atoms with E-state index >= 15 is 0 Å². The van der Waals surface area contributed by atoms with Crippen molar-refractivity contribution >= 4 is 51.3 Å². The first kappa shape index (κ1) is 17.0. The maximum atomic E-state index is 11.2. The number of hydrogen-bond donors (Lipinski definition) is 1. The molecule has 6 heteroatoms. The van der Waals surface area contributed by atoms with Gasteiger partial charge in [-0.1, -0.05) is 47.5 Å². The molecule has 0 bridgehead atoms. The molecule has 0 aliphatic rings. The van der Waals surface area contributed by atoms with Crippen LogP contribution in [0, 0.1) is 0 Å². The molecule has 4 aromatic rings. The molecular formula is C20H11Cl2NO2S. The first-order valence-corrected chi connectivity index (χ1v) is 9.34. The second-order valence-electron chi connectivity index (χ2n) is 5.72. The van der Waals surface area contributed by atoms with Gasteiger partial charge < -0.3 is 5.11 Å². The second-order valence-corrected chi connectivity index (χ2v) is 7.39. The number of rotatable bonds is 3. The number of thiazole rings is 1. The molecule has 1 aromatic heterocycles. The van der Waals surface area contributed by atoms with Gasteiger partial charge in [0.05, 0.1) is 21.3 Å². The zero-order valence-electron chi connectivity index (χ0n) is 13.2. The standard InChI is InChI=1S/C20H11Cl2NO2S/c21-15-2-1-3-16(22)18(15)17-10-26-19(23-17)12-6-4-11-5-7-13(20(24)25)9-14(11)8-12/h1-10H,(H,24,25). The lowest BCUT2D eigenvalue weighted by Crippen LogP contribution is -1.95. The molecule has 0 fully saturated rings. The minimum Gasteiger partial charge on any atom is -0.478 e. The Balaban J connectivity index is 1.79. The van der Waals surface area contributed by atoms with Crippen LogP contribution in [0.2, 0.25) is 10.0 Å². The van der Waals surface area contributed by atoms with Gasteiger partial charge in [0.25, 0.3) is 0 Å². The summed E-state index contributed by atoms with van der Waals surface area (Å²) in [6.45, 7) is 0. The molecule has 0 amide bonds. The SMILES string of the molecule is O=C(O)c1ccc2ccc(-c3nc(-c4c(Cl)cccc4Cl)cs3)cc2c1. The summed E-state index contributed by atoms with van der Waals surface area (Å²) in [5, 5.41) is 14.9. The summed E-state index contributed by atoms with van der Waals surface area (Å²) in [4.78, 5) is 15.9. The van der Waals surface area contributed by atoms with Gasteiger partial charge in [-0.25, -0.2) is 9.78 Å². The van der Waals surface area contributed by atoms with E-state index in [1.54, 1.807) is 36.4 Å². The van der Waals surface area contributed by atoms with Crippen molar-refractivity contribution < 1.29 is 9.90 Å². The van der Waals surface area contributed by atoms with Crippen molar-refractivity contribution in [2.45, 2.75) is 0 Å². The van der Waals surface area contributed by atoms with E-state index < -0.39 is 5.97 Å². The van der Waals surface area contributed by atoms with Crippen LogP contribution in [-0.4, -0.2) is 16.1 Å². The first-order chi connectivity index (χ1) is 12.5. The summed E-state index contributed by atoms with van der Waals surface area (Å²) in [6, 6.07) is 16.3. The fraction of sp³-hybridized carbons (Fsp3) is 0. The van der Waals surface area contributed by atoms with Crippen LogP contribution in [0.4, 0.5) is 0 Å². The Morgan fingerprint density at radius 3 is 2.42 bits per heavy atom. The Morgan fingerprint density at radius 2 is 1.69 bits per heavy atom. The van der Waals surface area contributed by atoms with E-state index in [-0.39, 0.29) is 5.56 Å². The fourth-order valence-corrected chi connectivity index (χ4v) is 4.18. The van der Waals surface area contributed by atoms with Crippen molar-refractivity contribution in [3.8, 4) is 21.8 Å². The average Bonchev–Trinajstić information content (AvgIpc) is 3.10. The second kappa shape index (κ2) is 6.72. The smallest absolute Gasteiger partial charge is 0.335 e. The van der Waals surface area contributed by atoms with Crippen LogP contribution in [0.25, 0.3) is 32.6 Å². The predicted octanol–water partition coefficient (Wildman–Crippen LogP) is 6.64. The highest BCUT2D eigenvalue weighted by molar-refractivity contribution is 7.13. The molecule has 0 spiro atoms. The quantitative estimate of drug-likeness (QED) is 0.420. The molecule has 128 valence electrons. The van der Waals surface area contributed by atoms with Crippen molar-refractivity contribution in [2.75, 3.05) is 0 Å². The van der Waals surface area contributed by atoms with Crippen LogP contribution in [0.3, 0.4) is 0 Å². The number of benzene rings is 3. The van der Waals surface area contributed by atoms with Crippen LogP contribution in [0.1, 0.15) is 10.4 Å². The van der Waals surface area contributed by atoms with E-state index in [1.807, 2.05) is 23.6 Å². The van der Waals surface area contributed by atoms with Crippen molar-refractivity contribution in [3.63, 3.8) is 0 Å². The van der Waals surface area contributed by atoms with E-state index in [0.29, 0.717) is 15.6 Å². The third-order valence-corrected chi connectivity index (χ3v) is 5.58. The van der Waals surface area contributed by atoms with E-state index in [9.17, 15) is 9.90 Å². The summed E-state index contributed by atoms with van der Waals surface area (Å²) in [5.74, 6) is -0.942. The molecule has 0 radical (unpaired) electrons. The molecule has 0 aliphatic carbocycles. The lowest BCUT2D eigenvalue weighted by Gasteiger charge is -2.04. The van der Waals surface area contributed by atoms with Crippen molar-refractivity contribution in [1.82, 2.24) is 4.98 Å². The number of aromatic carboxylic acids is 1. The molecule has 3 aromatic carbocycles. The summed E-state index contributed by atoms with van der Waals surface area (Å²) in [6.07, 6.45) is 0. The van der Waals surface area contributed by atoms with Crippen LogP contribution in [0.15, 0.2) is 60.0 Å². The van der Waals surface area contributed by atoms with E-state index in [1.165, 1.54) is 11.3 Å². The molecule has 1 N–H and O–H groups in total. The summed E-state index contributed by atoms with van der Waals surface area (Å²) in [5.41, 5.74) is 2.61. The third kappa shape index (κ3) is 3.07. The summed E-state index contributed by atoms with van der Waals surface area (Å²) >= 11 is 14.0. The maximum absolute atomic E-state index is 11.2. The van der Waals surface area contributed by atoms with Gasteiger partial charge in [0.1, 0.15) is 5.01 Å². The van der Waals surface area contributed by atoms with Gasteiger partial charge >= 0.3 is 5.97 Å². The highest BCUT2D eigenvalue weighted by Crippen LogP contribution is 2.37. The molecule has 4 rings (SSSR count). The largest absolute Gasteiger partial charge is 0.478 e. The molecular weight excluding hydrogens is 389 g/mol. The Morgan fingerprint density at radius 1 is 0.962 bits per heavy atom. The highest BCUT2D eigenvalue weighted by atomic mass is 35.5. The molecule has 0 atom stereocenters. The number of carbonyl (C=O) groups is 1. The number of hydrogen-bond acceptors (Lipinski definition) is 3. The lowest BCUT2D eigenvalue weighted by atomic mass is 10.0. The van der Waals surface area contributed by atoms with Gasteiger partial charge in [-0.3, -0.25) is 0 Å². The zero-order valence-corrected chi connectivity index (χ0v) is 15.6. The molecule has 0 saturated carbocycles. The van der Waals surface area contributed by atoms with Crippen LogP contribution < -0.4 is 0 Å². The highest BCUT2D eigenvalue weighted by Gasteiger charge is 2.13. The van der Waals surface area contributed by atoms with Gasteiger partial charge in [0, 0.05) is 16.5 Å². The van der Waals surface area contributed by atoms with Crippen molar-refractivity contribution in [3.05, 3.63) is 75.6 Å². The minimum atomic E-state index is -0.942. The molecule has 26 heavy (non-hydrogen) atoms. The molecule has 3 nitrogen and oxygen atoms in total. The van der Waals surface area contributed by atoms with Crippen molar-refractivity contribution in [1.29, 1.82) is 0 Å². The van der Waals surface area contributed by atoms with E-state index in [2.05, 4.69) is 4.98 Å². The Bertz CT molecular complexity index is 1130. The number of fused-ring (bicyclic) bond motifs is 1. The number of nitrogens with zero attached hydrogens (tertiary/aromatic N) is 1. The molecule has 0 unspecified atom stereocenters. The van der Waals surface area contributed by atoms with Gasteiger partial charge in [0.15, 0.2) is 0 Å². The number of aromatic nitrogens is 1. The van der Waals surface area contributed by atoms with Gasteiger partial charge in [-0.15, -0.1) is 11.3 Å². The lowest BCUT2D eigenvalue weighted by molar-refractivity contribution is 0.0697. The monoisotopic (exact) mass is 399 g/mol. The van der Waals surface area contributed by atoms with E-state index in [0.717, 1.165) is 27.0 Å². The Labute approximate surface area is 163 Å². The summed E-state index contributed by atoms with van der Waals surface area (Å²) < 4.78 is 0. The predicted molar refractivity (Wildman–Crippen MR) is 107 cm³/mol. The molecule has 0 saturated heterocycles. The van der Waals surface area contributed by atoms with Gasteiger partial charge in [0.2, 0.25) is 0 Å². The number of carboxylic acid groups (broad SMARTS) is 1. The molecule has 0 aliphatic heterocycles. The zero-order chi connectivity index (χ0) is 18.3.